The molecule has 1 amide bonds. The Labute approximate surface area is 194 Å². The quantitative estimate of drug-likeness (QED) is 0.672. The summed E-state index contributed by atoms with van der Waals surface area (Å²) >= 11 is 0. The number of ether oxygens (including phenoxy) is 1. The lowest BCUT2D eigenvalue weighted by Crippen LogP contribution is -2.50. The summed E-state index contributed by atoms with van der Waals surface area (Å²) in [6.07, 6.45) is 9.81. The van der Waals surface area contributed by atoms with Crippen molar-refractivity contribution in [1.82, 2.24) is 9.88 Å². The highest BCUT2D eigenvalue weighted by Gasteiger charge is 2.38. The van der Waals surface area contributed by atoms with Crippen LogP contribution in [0.4, 0.5) is 0 Å². The maximum Gasteiger partial charge on any atom is 0.338 e. The number of rotatable bonds is 5. The van der Waals surface area contributed by atoms with Gasteiger partial charge in [0.05, 0.1) is 17.1 Å². The van der Waals surface area contributed by atoms with Gasteiger partial charge in [0.2, 0.25) is 0 Å². The standard InChI is InChI=1S/C25H32N2O5S/c28-24(27(18-6-2-1-3-7-18)19-12-13-33(30,31)16-19)15-32-25(29)17-10-11-23-21(14-17)20-8-4-5-9-22(20)26-23/h10-11,14,18-19,26H,1-9,12-13,15-16H2. The highest BCUT2D eigenvalue weighted by atomic mass is 32.2. The van der Waals surface area contributed by atoms with Gasteiger partial charge in [-0.1, -0.05) is 19.3 Å². The number of benzene rings is 1. The molecule has 1 aliphatic heterocycles. The maximum absolute atomic E-state index is 13.2. The van der Waals surface area contributed by atoms with Crippen molar-refractivity contribution in [3.05, 3.63) is 35.0 Å². The molecule has 178 valence electrons. The number of carbonyl (C=O) groups excluding carboxylic acids is 2. The second kappa shape index (κ2) is 9.12. The van der Waals surface area contributed by atoms with E-state index in [1.807, 2.05) is 12.1 Å². The zero-order valence-electron chi connectivity index (χ0n) is 19.0. The number of esters is 1. The van der Waals surface area contributed by atoms with Crippen LogP contribution in [0.3, 0.4) is 0 Å². The van der Waals surface area contributed by atoms with Crippen LogP contribution in [-0.4, -0.2) is 60.4 Å². The Bertz CT molecular complexity index is 1160. The third kappa shape index (κ3) is 4.67. The average Bonchev–Trinajstić information content (AvgIpc) is 3.37. The predicted octanol–water partition coefficient (Wildman–Crippen LogP) is 3.55. The molecule has 0 spiro atoms. The van der Waals surface area contributed by atoms with Gasteiger partial charge in [-0.2, -0.15) is 0 Å². The van der Waals surface area contributed by atoms with Crippen molar-refractivity contribution in [1.29, 1.82) is 0 Å². The number of fused-ring (bicyclic) bond motifs is 3. The number of H-pyrrole nitrogens is 1. The average molecular weight is 473 g/mol. The first-order valence-electron chi connectivity index (χ1n) is 12.2. The highest BCUT2D eigenvalue weighted by molar-refractivity contribution is 7.91. The summed E-state index contributed by atoms with van der Waals surface area (Å²) in [7, 11) is -3.11. The summed E-state index contributed by atoms with van der Waals surface area (Å²) in [4.78, 5) is 31.2. The topological polar surface area (TPSA) is 96.5 Å². The van der Waals surface area contributed by atoms with Gasteiger partial charge in [0, 0.05) is 28.7 Å². The molecule has 2 aromatic rings. The van der Waals surface area contributed by atoms with Gasteiger partial charge < -0.3 is 14.6 Å². The van der Waals surface area contributed by atoms with Gasteiger partial charge in [0.1, 0.15) is 0 Å². The minimum atomic E-state index is -3.11. The third-order valence-corrected chi connectivity index (χ3v) is 9.27. The maximum atomic E-state index is 13.2. The normalized spacial score (nSPS) is 22.7. The Kier molecular flexibility index (Phi) is 6.20. The second-order valence-electron chi connectivity index (χ2n) is 9.78. The SMILES string of the molecule is O=C(OCC(=O)N(C1CCCCC1)C1CCS(=O)(=O)C1)c1ccc2[nH]c3c(c2c1)CCCC3. The summed E-state index contributed by atoms with van der Waals surface area (Å²) < 4.78 is 29.6. The smallest absolute Gasteiger partial charge is 0.338 e. The van der Waals surface area contributed by atoms with E-state index < -0.39 is 15.8 Å². The fraction of sp³-hybridized carbons (Fsp3) is 0.600. The molecule has 2 heterocycles. The molecule has 8 heteroatoms. The van der Waals surface area contributed by atoms with E-state index in [1.165, 1.54) is 17.7 Å². The van der Waals surface area contributed by atoms with E-state index in [1.54, 1.807) is 11.0 Å². The summed E-state index contributed by atoms with van der Waals surface area (Å²) in [6, 6.07) is 5.23. The molecule has 1 atom stereocenters. The number of sulfone groups is 1. The molecular formula is C25H32N2O5S. The van der Waals surface area contributed by atoms with Gasteiger partial charge in [-0.05, 0) is 68.7 Å². The third-order valence-electron chi connectivity index (χ3n) is 7.52. The van der Waals surface area contributed by atoms with E-state index in [2.05, 4.69) is 4.98 Å². The van der Waals surface area contributed by atoms with Crippen molar-refractivity contribution >= 4 is 32.6 Å². The fourth-order valence-electron chi connectivity index (χ4n) is 5.88. The molecule has 1 unspecified atom stereocenters. The number of carbonyl (C=O) groups is 2. The Morgan fingerprint density at radius 1 is 1.00 bits per heavy atom. The van der Waals surface area contributed by atoms with Crippen LogP contribution < -0.4 is 0 Å². The van der Waals surface area contributed by atoms with Crippen molar-refractivity contribution < 1.29 is 22.7 Å². The first kappa shape index (κ1) is 22.4. The minimum absolute atomic E-state index is 0.0124. The molecule has 2 aliphatic carbocycles. The summed E-state index contributed by atoms with van der Waals surface area (Å²) in [5.74, 6) is -0.663. The Hall–Kier alpha value is -2.35. The Balaban J connectivity index is 1.29. The van der Waals surface area contributed by atoms with E-state index >= 15 is 0 Å². The van der Waals surface area contributed by atoms with Crippen molar-refractivity contribution in [3.8, 4) is 0 Å². The van der Waals surface area contributed by atoms with Gasteiger partial charge in [0.25, 0.3) is 5.91 Å². The molecule has 1 saturated heterocycles. The lowest BCUT2D eigenvalue weighted by Gasteiger charge is -2.38. The Morgan fingerprint density at radius 2 is 1.79 bits per heavy atom. The van der Waals surface area contributed by atoms with Gasteiger partial charge in [-0.15, -0.1) is 0 Å². The van der Waals surface area contributed by atoms with Crippen LogP contribution in [0.15, 0.2) is 18.2 Å². The molecule has 2 fully saturated rings. The summed E-state index contributed by atoms with van der Waals surface area (Å²) in [6.45, 7) is -0.352. The van der Waals surface area contributed by atoms with Gasteiger partial charge in [-0.25, -0.2) is 13.2 Å². The van der Waals surface area contributed by atoms with E-state index in [-0.39, 0.29) is 36.1 Å². The number of hydrogen-bond donors (Lipinski definition) is 1. The van der Waals surface area contributed by atoms with E-state index in [0.717, 1.165) is 62.3 Å². The molecule has 1 N–H and O–H groups in total. The van der Waals surface area contributed by atoms with Crippen LogP contribution in [0.25, 0.3) is 10.9 Å². The largest absolute Gasteiger partial charge is 0.452 e. The molecule has 0 radical (unpaired) electrons. The van der Waals surface area contributed by atoms with Crippen molar-refractivity contribution in [2.45, 2.75) is 76.3 Å². The van der Waals surface area contributed by atoms with Gasteiger partial charge in [0.15, 0.2) is 16.4 Å². The summed E-state index contributed by atoms with van der Waals surface area (Å²) in [5, 5.41) is 1.06. The Morgan fingerprint density at radius 3 is 2.55 bits per heavy atom. The number of nitrogens with zero attached hydrogens (tertiary/aromatic N) is 1. The van der Waals surface area contributed by atoms with Gasteiger partial charge >= 0.3 is 5.97 Å². The van der Waals surface area contributed by atoms with Crippen LogP contribution in [0, 0.1) is 0 Å². The molecule has 1 aromatic carbocycles. The number of nitrogens with one attached hydrogen (secondary N) is 1. The van der Waals surface area contributed by atoms with E-state index in [4.69, 9.17) is 4.74 Å². The van der Waals surface area contributed by atoms with E-state index in [0.29, 0.717) is 12.0 Å². The van der Waals surface area contributed by atoms with Crippen molar-refractivity contribution in [3.63, 3.8) is 0 Å². The molecule has 1 saturated carbocycles. The second-order valence-corrected chi connectivity index (χ2v) is 12.0. The van der Waals surface area contributed by atoms with Crippen LogP contribution >= 0.6 is 0 Å². The predicted molar refractivity (Wildman–Crippen MR) is 126 cm³/mol. The number of aryl methyl sites for hydroxylation is 2. The van der Waals surface area contributed by atoms with Crippen molar-refractivity contribution in [2.75, 3.05) is 18.1 Å². The first-order valence-corrected chi connectivity index (χ1v) is 14.1. The lowest BCUT2D eigenvalue weighted by atomic mass is 9.93. The van der Waals surface area contributed by atoms with Crippen LogP contribution in [-0.2, 0) is 32.2 Å². The molecule has 3 aliphatic rings. The summed E-state index contributed by atoms with van der Waals surface area (Å²) in [5.41, 5.74) is 4.01. The monoisotopic (exact) mass is 472 g/mol. The first-order chi connectivity index (χ1) is 15.9. The number of aromatic nitrogens is 1. The van der Waals surface area contributed by atoms with Gasteiger partial charge in [-0.3, -0.25) is 4.79 Å². The number of hydrogen-bond acceptors (Lipinski definition) is 5. The van der Waals surface area contributed by atoms with Crippen LogP contribution in [0.1, 0.15) is 73.0 Å². The molecular weight excluding hydrogens is 440 g/mol. The number of amides is 1. The zero-order chi connectivity index (χ0) is 23.0. The molecule has 33 heavy (non-hydrogen) atoms. The zero-order valence-corrected chi connectivity index (χ0v) is 19.8. The highest BCUT2D eigenvalue weighted by Crippen LogP contribution is 2.31. The molecule has 5 rings (SSSR count). The van der Waals surface area contributed by atoms with Crippen molar-refractivity contribution in [2.24, 2.45) is 0 Å². The molecule has 1 aromatic heterocycles. The van der Waals surface area contributed by atoms with Crippen LogP contribution in [0.2, 0.25) is 0 Å². The number of aromatic amines is 1. The molecule has 0 bridgehead atoms. The lowest BCUT2D eigenvalue weighted by molar-refractivity contribution is -0.140. The van der Waals surface area contributed by atoms with E-state index in [9.17, 15) is 18.0 Å². The fourth-order valence-corrected chi connectivity index (χ4v) is 7.59. The molecule has 7 nitrogen and oxygen atoms in total. The minimum Gasteiger partial charge on any atom is -0.452 e. The van der Waals surface area contributed by atoms with Crippen LogP contribution in [0.5, 0.6) is 0 Å².